The molecule has 0 atom stereocenters. The van der Waals surface area contributed by atoms with E-state index in [0.29, 0.717) is 36.4 Å². The third-order valence-corrected chi connectivity index (χ3v) is 6.19. The first-order valence-corrected chi connectivity index (χ1v) is 11.4. The average molecular weight is 448 g/mol. The van der Waals surface area contributed by atoms with Gasteiger partial charge in [0.1, 0.15) is 18.0 Å². The van der Waals surface area contributed by atoms with E-state index in [0.717, 1.165) is 42.4 Å². The molecule has 4 rings (SSSR count). The first kappa shape index (κ1) is 22.9. The Morgan fingerprint density at radius 3 is 2.39 bits per heavy atom. The van der Waals surface area contributed by atoms with Gasteiger partial charge in [0, 0.05) is 17.7 Å². The summed E-state index contributed by atoms with van der Waals surface area (Å²) in [5, 5.41) is 13.5. The number of benzene rings is 2. The van der Waals surface area contributed by atoms with Crippen LogP contribution in [0, 0.1) is 18.8 Å². The van der Waals surface area contributed by atoms with Crippen LogP contribution in [0.15, 0.2) is 59.4 Å². The minimum Gasteiger partial charge on any atom is -0.480 e. The summed E-state index contributed by atoms with van der Waals surface area (Å²) >= 11 is 0. The Morgan fingerprint density at radius 1 is 1.00 bits per heavy atom. The molecular formula is C26H29N3O4. The zero-order valence-electron chi connectivity index (χ0n) is 18.8. The van der Waals surface area contributed by atoms with Gasteiger partial charge in [-0.15, -0.1) is 0 Å². The molecule has 1 aliphatic rings. The van der Waals surface area contributed by atoms with Gasteiger partial charge < -0.3 is 9.84 Å². The number of carbonyl (C=O) groups is 1. The maximum atomic E-state index is 12.9. The molecule has 33 heavy (non-hydrogen) atoms. The number of hydrogen-bond acceptors (Lipinski definition) is 5. The second kappa shape index (κ2) is 10.5. The standard InChI is InChI=1S/C26H29N3O4/c1-18-6-5-9-22(14-18)24-25(21-7-3-2-4-8-21)28-29(26(32)27-24)15-19-10-12-20(13-11-19)16-33-17-23(30)31/h2-9,14,19-20H,10-13,15-17H2,1H3,(H,30,31)/t19-,20+. The van der Waals surface area contributed by atoms with Gasteiger partial charge in [0.05, 0.1) is 6.61 Å². The van der Waals surface area contributed by atoms with Crippen LogP contribution in [-0.4, -0.2) is 39.1 Å². The maximum Gasteiger partial charge on any atom is 0.364 e. The SMILES string of the molecule is Cc1cccc(-c2nc(=O)n(C[C@H]3CC[C@@H](COCC(=O)O)CC3)nc2-c2ccccc2)c1. The molecule has 0 radical (unpaired) electrons. The molecule has 0 saturated heterocycles. The fourth-order valence-corrected chi connectivity index (χ4v) is 4.46. The van der Waals surface area contributed by atoms with Crippen LogP contribution >= 0.6 is 0 Å². The number of carboxylic acid groups (broad SMARTS) is 1. The Labute approximate surface area is 193 Å². The predicted octanol–water partition coefficient (Wildman–Crippen LogP) is 4.19. The summed E-state index contributed by atoms with van der Waals surface area (Å²) in [5.74, 6) is -0.238. The third kappa shape index (κ3) is 5.93. The van der Waals surface area contributed by atoms with Crippen molar-refractivity contribution in [3.8, 4) is 22.5 Å². The molecule has 3 aromatic rings. The molecule has 1 aromatic heterocycles. The molecule has 1 saturated carbocycles. The van der Waals surface area contributed by atoms with Gasteiger partial charge in [0.2, 0.25) is 0 Å². The number of aromatic nitrogens is 3. The van der Waals surface area contributed by atoms with Crippen LogP contribution in [0.25, 0.3) is 22.5 Å². The van der Waals surface area contributed by atoms with Crippen LogP contribution < -0.4 is 5.69 Å². The first-order valence-electron chi connectivity index (χ1n) is 11.4. The summed E-state index contributed by atoms with van der Waals surface area (Å²) in [5.41, 5.74) is 3.88. The number of rotatable bonds is 8. The third-order valence-electron chi connectivity index (χ3n) is 6.19. The van der Waals surface area contributed by atoms with Gasteiger partial charge in [-0.1, -0.05) is 54.1 Å². The summed E-state index contributed by atoms with van der Waals surface area (Å²) in [4.78, 5) is 28.0. The normalized spacial score (nSPS) is 18.2. The Kier molecular flexibility index (Phi) is 7.29. The first-order chi connectivity index (χ1) is 16.0. The minimum absolute atomic E-state index is 0.250. The second-order valence-corrected chi connectivity index (χ2v) is 8.80. The lowest BCUT2D eigenvalue weighted by molar-refractivity contribution is -0.142. The van der Waals surface area contributed by atoms with Crippen molar-refractivity contribution in [2.45, 2.75) is 39.2 Å². The van der Waals surface area contributed by atoms with Gasteiger partial charge in [0.15, 0.2) is 0 Å². The summed E-state index contributed by atoms with van der Waals surface area (Å²) in [7, 11) is 0. The van der Waals surface area contributed by atoms with Crippen molar-refractivity contribution in [1.82, 2.24) is 14.8 Å². The van der Waals surface area contributed by atoms with Crippen molar-refractivity contribution < 1.29 is 14.6 Å². The maximum absolute atomic E-state index is 12.9. The molecule has 0 spiro atoms. The lowest BCUT2D eigenvalue weighted by Crippen LogP contribution is -2.31. The van der Waals surface area contributed by atoms with Gasteiger partial charge in [-0.05, 0) is 50.5 Å². The topological polar surface area (TPSA) is 94.3 Å². The lowest BCUT2D eigenvalue weighted by Gasteiger charge is -2.28. The van der Waals surface area contributed by atoms with E-state index < -0.39 is 5.97 Å². The molecule has 7 heteroatoms. The number of ether oxygens (including phenoxy) is 1. The Morgan fingerprint density at radius 2 is 1.70 bits per heavy atom. The summed E-state index contributed by atoms with van der Waals surface area (Å²) in [6, 6.07) is 17.8. The van der Waals surface area contributed by atoms with E-state index in [9.17, 15) is 9.59 Å². The van der Waals surface area contributed by atoms with E-state index in [1.54, 1.807) is 0 Å². The van der Waals surface area contributed by atoms with E-state index in [-0.39, 0.29) is 12.3 Å². The highest BCUT2D eigenvalue weighted by Crippen LogP contribution is 2.31. The molecule has 7 nitrogen and oxygen atoms in total. The Hall–Kier alpha value is -3.32. The molecule has 2 aromatic carbocycles. The number of aryl methyl sites for hydroxylation is 1. The zero-order valence-corrected chi connectivity index (χ0v) is 18.8. The second-order valence-electron chi connectivity index (χ2n) is 8.80. The van der Waals surface area contributed by atoms with E-state index in [4.69, 9.17) is 14.9 Å². The van der Waals surface area contributed by atoms with E-state index in [2.05, 4.69) is 4.98 Å². The Bertz CT molecular complexity index is 1150. The van der Waals surface area contributed by atoms with Crippen LogP contribution in [0.1, 0.15) is 31.2 Å². The molecule has 1 N–H and O–H groups in total. The fourth-order valence-electron chi connectivity index (χ4n) is 4.46. The lowest BCUT2D eigenvalue weighted by atomic mass is 9.82. The molecule has 0 aliphatic heterocycles. The highest BCUT2D eigenvalue weighted by Gasteiger charge is 2.23. The van der Waals surface area contributed by atoms with E-state index in [1.807, 2.05) is 61.5 Å². The smallest absolute Gasteiger partial charge is 0.364 e. The van der Waals surface area contributed by atoms with Crippen LogP contribution in [0.3, 0.4) is 0 Å². The average Bonchev–Trinajstić information content (AvgIpc) is 2.81. The minimum atomic E-state index is -0.940. The van der Waals surface area contributed by atoms with Gasteiger partial charge in [-0.2, -0.15) is 10.1 Å². The molecular weight excluding hydrogens is 418 g/mol. The van der Waals surface area contributed by atoms with Gasteiger partial charge in [-0.3, -0.25) is 0 Å². The van der Waals surface area contributed by atoms with E-state index in [1.165, 1.54) is 4.68 Å². The largest absolute Gasteiger partial charge is 0.480 e. The highest BCUT2D eigenvalue weighted by atomic mass is 16.5. The molecule has 172 valence electrons. The molecule has 1 aliphatic carbocycles. The number of carboxylic acids is 1. The molecule has 0 amide bonds. The molecule has 1 heterocycles. The van der Waals surface area contributed by atoms with Gasteiger partial charge in [-0.25, -0.2) is 14.3 Å². The van der Waals surface area contributed by atoms with Crippen LogP contribution in [-0.2, 0) is 16.1 Å². The van der Waals surface area contributed by atoms with Crippen LogP contribution in [0.5, 0.6) is 0 Å². The van der Waals surface area contributed by atoms with Crippen molar-refractivity contribution in [1.29, 1.82) is 0 Å². The molecule has 0 unspecified atom stereocenters. The number of nitrogens with zero attached hydrogens (tertiary/aromatic N) is 3. The monoisotopic (exact) mass is 447 g/mol. The van der Waals surface area contributed by atoms with Gasteiger partial charge in [0.25, 0.3) is 0 Å². The van der Waals surface area contributed by atoms with Crippen molar-refractivity contribution in [2.75, 3.05) is 13.2 Å². The molecule has 1 fully saturated rings. The summed E-state index contributed by atoms with van der Waals surface area (Å²) in [6.07, 6.45) is 3.82. The fraction of sp³-hybridized carbons (Fsp3) is 0.385. The van der Waals surface area contributed by atoms with Crippen molar-refractivity contribution in [2.24, 2.45) is 11.8 Å². The van der Waals surface area contributed by atoms with Gasteiger partial charge >= 0.3 is 11.7 Å². The summed E-state index contributed by atoms with van der Waals surface area (Å²) < 4.78 is 6.77. The van der Waals surface area contributed by atoms with Crippen LogP contribution in [0.2, 0.25) is 0 Å². The number of aliphatic carboxylic acids is 1. The highest BCUT2D eigenvalue weighted by molar-refractivity contribution is 5.77. The molecule has 0 bridgehead atoms. The zero-order chi connectivity index (χ0) is 23.2. The number of hydrogen-bond donors (Lipinski definition) is 1. The summed E-state index contributed by atoms with van der Waals surface area (Å²) in [6.45, 7) is 2.77. The predicted molar refractivity (Wildman–Crippen MR) is 126 cm³/mol. The van der Waals surface area contributed by atoms with E-state index >= 15 is 0 Å². The Balaban J connectivity index is 1.54. The van der Waals surface area contributed by atoms with Crippen molar-refractivity contribution in [3.05, 3.63) is 70.6 Å². The van der Waals surface area contributed by atoms with Crippen LogP contribution in [0.4, 0.5) is 0 Å². The van der Waals surface area contributed by atoms with Crippen molar-refractivity contribution >= 4 is 5.97 Å². The quantitative estimate of drug-likeness (QED) is 0.556. The van der Waals surface area contributed by atoms with Crippen molar-refractivity contribution in [3.63, 3.8) is 0 Å².